The van der Waals surface area contributed by atoms with Gasteiger partial charge in [0.1, 0.15) is 11.3 Å². The molecular weight excluding hydrogens is 234 g/mol. The van der Waals surface area contributed by atoms with Crippen molar-refractivity contribution in [2.24, 2.45) is 0 Å². The first-order valence-electron chi connectivity index (χ1n) is 5.49. The molecule has 1 amide bonds. The lowest BCUT2D eigenvalue weighted by Crippen LogP contribution is -2.31. The van der Waals surface area contributed by atoms with Crippen LogP contribution in [0.5, 0.6) is 0 Å². The maximum absolute atomic E-state index is 11.9. The van der Waals surface area contributed by atoms with Crippen molar-refractivity contribution in [1.82, 2.24) is 9.55 Å². The van der Waals surface area contributed by atoms with Gasteiger partial charge in [-0.05, 0) is 20.8 Å². The number of hydrogen-bond acceptors (Lipinski definition) is 4. The van der Waals surface area contributed by atoms with Gasteiger partial charge in [0.25, 0.3) is 5.56 Å². The van der Waals surface area contributed by atoms with E-state index in [1.165, 1.54) is 17.1 Å². The lowest BCUT2D eigenvalue weighted by Gasteiger charge is -2.19. The molecular formula is C12H17N3O3. The molecule has 0 bridgehead atoms. The molecule has 0 radical (unpaired) electrons. The summed E-state index contributed by atoms with van der Waals surface area (Å²) < 4.78 is 6.38. The molecule has 1 heterocycles. The first-order chi connectivity index (χ1) is 8.33. The highest BCUT2D eigenvalue weighted by Crippen LogP contribution is 2.08. The van der Waals surface area contributed by atoms with Gasteiger partial charge >= 0.3 is 6.09 Å². The van der Waals surface area contributed by atoms with Crippen LogP contribution in [0.15, 0.2) is 30.0 Å². The molecule has 0 fully saturated rings. The average Bonchev–Trinajstić information content (AvgIpc) is 2.21. The highest BCUT2D eigenvalue weighted by atomic mass is 16.6. The zero-order valence-corrected chi connectivity index (χ0v) is 10.8. The monoisotopic (exact) mass is 251 g/mol. The first kappa shape index (κ1) is 14.0. The second-order valence-electron chi connectivity index (χ2n) is 4.68. The van der Waals surface area contributed by atoms with Crippen LogP contribution in [-0.4, -0.2) is 21.2 Å². The molecule has 0 atom stereocenters. The number of aromatic nitrogens is 2. The predicted molar refractivity (Wildman–Crippen MR) is 68.6 cm³/mol. The van der Waals surface area contributed by atoms with Crippen LogP contribution in [-0.2, 0) is 11.3 Å². The average molecular weight is 251 g/mol. The number of nitrogens with zero attached hydrogens (tertiary/aromatic N) is 2. The Hall–Kier alpha value is -2.11. The normalized spacial score (nSPS) is 10.8. The van der Waals surface area contributed by atoms with Crippen LogP contribution in [0, 0.1) is 0 Å². The van der Waals surface area contributed by atoms with Crippen molar-refractivity contribution in [3.63, 3.8) is 0 Å². The fraction of sp³-hybridized carbons (Fsp3) is 0.417. The first-order valence-corrected chi connectivity index (χ1v) is 5.49. The fourth-order valence-corrected chi connectivity index (χ4v) is 1.22. The summed E-state index contributed by atoms with van der Waals surface area (Å²) in [5.74, 6) is 0. The lowest BCUT2D eigenvalue weighted by molar-refractivity contribution is 0.0635. The molecule has 0 aliphatic carbocycles. The van der Waals surface area contributed by atoms with Crippen LogP contribution >= 0.6 is 0 Å². The topological polar surface area (TPSA) is 73.2 Å². The second-order valence-corrected chi connectivity index (χ2v) is 4.68. The molecule has 1 rings (SSSR count). The molecule has 18 heavy (non-hydrogen) atoms. The van der Waals surface area contributed by atoms with Crippen LogP contribution in [0.25, 0.3) is 0 Å². The molecule has 98 valence electrons. The van der Waals surface area contributed by atoms with Crippen LogP contribution < -0.4 is 10.9 Å². The van der Waals surface area contributed by atoms with E-state index < -0.39 is 11.7 Å². The standard InChI is InChI=1S/C12H17N3O3/c1-5-6-15-8-13-7-9(10(15)16)14-11(17)18-12(2,3)4/h5,7-8H,1,6H2,2-4H3,(H,14,17). The number of carbonyl (C=O) groups is 1. The van der Waals surface area contributed by atoms with E-state index >= 15 is 0 Å². The maximum atomic E-state index is 11.9. The SMILES string of the molecule is C=CCn1cncc(NC(=O)OC(C)(C)C)c1=O. The number of carbonyl (C=O) groups excluding carboxylic acids is 1. The zero-order chi connectivity index (χ0) is 13.8. The molecule has 1 N–H and O–H groups in total. The van der Waals surface area contributed by atoms with Crippen LogP contribution in [0.3, 0.4) is 0 Å². The van der Waals surface area contributed by atoms with E-state index in [1.807, 2.05) is 0 Å². The maximum Gasteiger partial charge on any atom is 0.412 e. The number of hydrogen-bond donors (Lipinski definition) is 1. The summed E-state index contributed by atoms with van der Waals surface area (Å²) in [4.78, 5) is 27.2. The van der Waals surface area contributed by atoms with E-state index in [-0.39, 0.29) is 11.2 Å². The predicted octanol–water partition coefficient (Wildman–Crippen LogP) is 1.78. The van der Waals surface area contributed by atoms with Gasteiger partial charge in [-0.15, -0.1) is 6.58 Å². The van der Waals surface area contributed by atoms with Crippen LogP contribution in [0.4, 0.5) is 10.5 Å². The molecule has 1 aromatic heterocycles. The Labute approximate surface area is 105 Å². The minimum atomic E-state index is -0.683. The summed E-state index contributed by atoms with van der Waals surface area (Å²) in [5, 5.41) is 2.37. The molecule has 6 heteroatoms. The molecule has 0 saturated heterocycles. The molecule has 1 aromatic rings. The summed E-state index contributed by atoms with van der Waals surface area (Å²) in [6.45, 7) is 9.09. The smallest absolute Gasteiger partial charge is 0.412 e. The lowest BCUT2D eigenvalue weighted by atomic mass is 10.2. The van der Waals surface area contributed by atoms with Crippen molar-refractivity contribution in [2.75, 3.05) is 5.32 Å². The number of allylic oxidation sites excluding steroid dienone is 1. The van der Waals surface area contributed by atoms with E-state index in [1.54, 1.807) is 26.8 Å². The molecule has 0 aliphatic heterocycles. The van der Waals surface area contributed by atoms with Gasteiger partial charge in [-0.25, -0.2) is 9.78 Å². The summed E-state index contributed by atoms with van der Waals surface area (Å²) in [7, 11) is 0. The van der Waals surface area contributed by atoms with E-state index in [0.29, 0.717) is 6.54 Å². The third kappa shape index (κ3) is 4.04. The highest BCUT2D eigenvalue weighted by molar-refractivity contribution is 5.84. The van der Waals surface area contributed by atoms with E-state index in [2.05, 4.69) is 16.9 Å². The molecule has 0 saturated carbocycles. The van der Waals surface area contributed by atoms with E-state index in [4.69, 9.17) is 4.74 Å². The summed E-state index contributed by atoms with van der Waals surface area (Å²) >= 11 is 0. The van der Waals surface area contributed by atoms with Crippen molar-refractivity contribution >= 4 is 11.8 Å². The van der Waals surface area contributed by atoms with Gasteiger partial charge < -0.3 is 4.74 Å². The van der Waals surface area contributed by atoms with Gasteiger partial charge in [0.2, 0.25) is 0 Å². The Morgan fingerprint density at radius 3 is 2.83 bits per heavy atom. The van der Waals surface area contributed by atoms with Crippen molar-refractivity contribution < 1.29 is 9.53 Å². The molecule has 0 aliphatic rings. The number of nitrogens with one attached hydrogen (secondary N) is 1. The van der Waals surface area contributed by atoms with Gasteiger partial charge in [0.15, 0.2) is 0 Å². The Morgan fingerprint density at radius 2 is 2.28 bits per heavy atom. The van der Waals surface area contributed by atoms with Crippen LogP contribution in [0.1, 0.15) is 20.8 Å². The molecule has 0 spiro atoms. The Bertz CT molecular complexity index is 500. The minimum Gasteiger partial charge on any atom is -0.444 e. The zero-order valence-electron chi connectivity index (χ0n) is 10.8. The number of rotatable bonds is 3. The van der Waals surface area contributed by atoms with E-state index in [0.717, 1.165) is 0 Å². The minimum absolute atomic E-state index is 0.0774. The van der Waals surface area contributed by atoms with Gasteiger partial charge in [-0.1, -0.05) is 6.08 Å². The van der Waals surface area contributed by atoms with Crippen molar-refractivity contribution in [2.45, 2.75) is 32.9 Å². The third-order valence-electron chi connectivity index (χ3n) is 1.86. The van der Waals surface area contributed by atoms with Crippen molar-refractivity contribution in [3.8, 4) is 0 Å². The van der Waals surface area contributed by atoms with E-state index in [9.17, 15) is 9.59 Å². The quantitative estimate of drug-likeness (QED) is 0.831. The van der Waals surface area contributed by atoms with Crippen molar-refractivity contribution in [3.05, 3.63) is 35.5 Å². The molecule has 6 nitrogen and oxygen atoms in total. The summed E-state index contributed by atoms with van der Waals surface area (Å²) in [5.41, 5.74) is -0.892. The number of ether oxygens (including phenoxy) is 1. The largest absolute Gasteiger partial charge is 0.444 e. The summed E-state index contributed by atoms with van der Waals surface area (Å²) in [6.07, 6.45) is 3.55. The van der Waals surface area contributed by atoms with Crippen LogP contribution in [0.2, 0.25) is 0 Å². The summed E-state index contributed by atoms with van der Waals surface area (Å²) in [6, 6.07) is 0. The third-order valence-corrected chi connectivity index (χ3v) is 1.86. The fourth-order valence-electron chi connectivity index (χ4n) is 1.22. The Morgan fingerprint density at radius 1 is 1.61 bits per heavy atom. The number of anilines is 1. The number of amides is 1. The van der Waals surface area contributed by atoms with Gasteiger partial charge in [0.05, 0.1) is 12.5 Å². The Balaban J connectivity index is 2.85. The van der Waals surface area contributed by atoms with Gasteiger partial charge in [-0.2, -0.15) is 0 Å². The second kappa shape index (κ2) is 5.48. The van der Waals surface area contributed by atoms with Gasteiger partial charge in [-0.3, -0.25) is 14.7 Å². The van der Waals surface area contributed by atoms with Gasteiger partial charge in [0, 0.05) is 6.54 Å². The molecule has 0 aromatic carbocycles. The Kier molecular flexibility index (Phi) is 4.25. The van der Waals surface area contributed by atoms with Crippen molar-refractivity contribution in [1.29, 1.82) is 0 Å². The molecule has 0 unspecified atom stereocenters. The highest BCUT2D eigenvalue weighted by Gasteiger charge is 2.17.